The highest BCUT2D eigenvalue weighted by atomic mass is 32.2. The SMILES string of the molecule is CCC/C=C/C(CCC)NS(=O)(=O)c1ccc(C)cc1. The summed E-state index contributed by atoms with van der Waals surface area (Å²) in [5.41, 5.74) is 1.05. The van der Waals surface area contributed by atoms with Crippen LogP contribution in [0.15, 0.2) is 41.3 Å². The number of allylic oxidation sites excluding steroid dienone is 1. The molecule has 112 valence electrons. The number of aryl methyl sites for hydroxylation is 1. The van der Waals surface area contributed by atoms with Gasteiger partial charge in [-0.15, -0.1) is 0 Å². The van der Waals surface area contributed by atoms with Crippen molar-refractivity contribution >= 4 is 10.0 Å². The van der Waals surface area contributed by atoms with Crippen molar-refractivity contribution in [3.8, 4) is 0 Å². The highest BCUT2D eigenvalue weighted by Crippen LogP contribution is 2.12. The fraction of sp³-hybridized carbons (Fsp3) is 0.500. The minimum absolute atomic E-state index is 0.127. The molecule has 0 aliphatic carbocycles. The number of rotatable bonds is 8. The third-order valence-corrected chi connectivity index (χ3v) is 4.57. The molecule has 3 nitrogen and oxygen atoms in total. The van der Waals surface area contributed by atoms with Gasteiger partial charge in [0.05, 0.1) is 4.90 Å². The zero-order valence-corrected chi connectivity index (χ0v) is 13.4. The van der Waals surface area contributed by atoms with Crippen LogP contribution in [0.5, 0.6) is 0 Å². The van der Waals surface area contributed by atoms with E-state index in [0.29, 0.717) is 4.90 Å². The molecule has 0 aromatic heterocycles. The lowest BCUT2D eigenvalue weighted by Gasteiger charge is -2.14. The van der Waals surface area contributed by atoms with Gasteiger partial charge in [0.15, 0.2) is 0 Å². The molecule has 0 spiro atoms. The van der Waals surface area contributed by atoms with Crippen molar-refractivity contribution in [1.29, 1.82) is 0 Å². The van der Waals surface area contributed by atoms with E-state index in [9.17, 15) is 8.42 Å². The first-order chi connectivity index (χ1) is 9.49. The summed E-state index contributed by atoms with van der Waals surface area (Å²) in [6, 6.07) is 6.80. The van der Waals surface area contributed by atoms with Gasteiger partial charge in [0.25, 0.3) is 0 Å². The van der Waals surface area contributed by atoms with Crippen LogP contribution in [0, 0.1) is 6.92 Å². The molecule has 0 bridgehead atoms. The molecule has 4 heteroatoms. The molecule has 0 radical (unpaired) electrons. The van der Waals surface area contributed by atoms with Crippen LogP contribution in [0.4, 0.5) is 0 Å². The predicted molar refractivity (Wildman–Crippen MR) is 84.2 cm³/mol. The molecule has 20 heavy (non-hydrogen) atoms. The van der Waals surface area contributed by atoms with E-state index < -0.39 is 10.0 Å². The van der Waals surface area contributed by atoms with E-state index in [4.69, 9.17) is 0 Å². The molecule has 0 aliphatic rings. The molecule has 0 fully saturated rings. The molecular weight excluding hydrogens is 270 g/mol. The lowest BCUT2D eigenvalue weighted by Crippen LogP contribution is -2.33. The average Bonchev–Trinajstić information content (AvgIpc) is 2.39. The maximum absolute atomic E-state index is 12.3. The summed E-state index contributed by atoms with van der Waals surface area (Å²) < 4.78 is 27.4. The van der Waals surface area contributed by atoms with Gasteiger partial charge in [0.2, 0.25) is 10.0 Å². The van der Waals surface area contributed by atoms with Gasteiger partial charge in [-0.25, -0.2) is 13.1 Å². The summed E-state index contributed by atoms with van der Waals surface area (Å²) in [5.74, 6) is 0. The monoisotopic (exact) mass is 295 g/mol. The quantitative estimate of drug-likeness (QED) is 0.741. The van der Waals surface area contributed by atoms with Crippen molar-refractivity contribution in [2.45, 2.75) is 57.4 Å². The summed E-state index contributed by atoms with van der Waals surface area (Å²) in [6.45, 7) is 6.10. The Labute approximate surface area is 123 Å². The largest absolute Gasteiger partial charge is 0.241 e. The summed E-state index contributed by atoms with van der Waals surface area (Å²) in [6.07, 6.45) is 7.83. The van der Waals surface area contributed by atoms with Gasteiger partial charge in [-0.05, 0) is 31.9 Å². The van der Waals surface area contributed by atoms with Crippen molar-refractivity contribution in [1.82, 2.24) is 4.72 Å². The average molecular weight is 295 g/mol. The van der Waals surface area contributed by atoms with Gasteiger partial charge in [-0.3, -0.25) is 0 Å². The first kappa shape index (κ1) is 16.9. The minimum atomic E-state index is -3.44. The summed E-state index contributed by atoms with van der Waals surface area (Å²) in [7, 11) is -3.44. The van der Waals surface area contributed by atoms with E-state index >= 15 is 0 Å². The van der Waals surface area contributed by atoms with Crippen LogP contribution in [0.3, 0.4) is 0 Å². The fourth-order valence-corrected chi connectivity index (χ4v) is 3.14. The van der Waals surface area contributed by atoms with Crippen LogP contribution in [0.1, 0.15) is 45.1 Å². The molecule has 0 heterocycles. The Morgan fingerprint density at radius 3 is 2.35 bits per heavy atom. The molecule has 1 N–H and O–H groups in total. The number of nitrogens with one attached hydrogen (secondary N) is 1. The normalized spacial score (nSPS) is 13.8. The summed E-state index contributed by atoms with van der Waals surface area (Å²) in [4.78, 5) is 0.327. The van der Waals surface area contributed by atoms with Crippen LogP contribution >= 0.6 is 0 Å². The van der Waals surface area contributed by atoms with Crippen molar-refractivity contribution < 1.29 is 8.42 Å². The molecule has 0 saturated carbocycles. The van der Waals surface area contributed by atoms with Crippen molar-refractivity contribution in [3.63, 3.8) is 0 Å². The molecule has 0 amide bonds. The molecular formula is C16H25NO2S. The Bertz CT molecular complexity index is 518. The highest BCUT2D eigenvalue weighted by molar-refractivity contribution is 7.89. The van der Waals surface area contributed by atoms with E-state index in [2.05, 4.69) is 24.6 Å². The van der Waals surface area contributed by atoms with E-state index in [1.165, 1.54) is 0 Å². The topological polar surface area (TPSA) is 46.2 Å². The van der Waals surface area contributed by atoms with E-state index in [1.54, 1.807) is 12.1 Å². The number of hydrogen-bond acceptors (Lipinski definition) is 2. The lowest BCUT2D eigenvalue weighted by molar-refractivity contribution is 0.560. The zero-order valence-electron chi connectivity index (χ0n) is 12.6. The Morgan fingerprint density at radius 2 is 1.80 bits per heavy atom. The first-order valence-corrected chi connectivity index (χ1v) is 8.73. The maximum atomic E-state index is 12.3. The first-order valence-electron chi connectivity index (χ1n) is 7.25. The van der Waals surface area contributed by atoms with Crippen LogP contribution < -0.4 is 4.72 Å². The van der Waals surface area contributed by atoms with E-state index in [-0.39, 0.29) is 6.04 Å². The minimum Gasteiger partial charge on any atom is -0.207 e. The highest BCUT2D eigenvalue weighted by Gasteiger charge is 2.17. The van der Waals surface area contributed by atoms with Gasteiger partial charge in [-0.2, -0.15) is 0 Å². The van der Waals surface area contributed by atoms with Gasteiger partial charge < -0.3 is 0 Å². The molecule has 1 unspecified atom stereocenters. The van der Waals surface area contributed by atoms with Gasteiger partial charge in [0.1, 0.15) is 0 Å². The zero-order chi connectivity index (χ0) is 15.0. The van der Waals surface area contributed by atoms with Crippen LogP contribution in [-0.4, -0.2) is 14.5 Å². The molecule has 1 atom stereocenters. The van der Waals surface area contributed by atoms with Gasteiger partial charge >= 0.3 is 0 Å². The second-order valence-corrected chi connectivity index (χ2v) is 6.76. The Hall–Kier alpha value is -1.13. The lowest BCUT2D eigenvalue weighted by atomic mass is 10.1. The van der Waals surface area contributed by atoms with Gasteiger partial charge in [-0.1, -0.05) is 56.5 Å². The smallest absolute Gasteiger partial charge is 0.207 e. The number of benzene rings is 1. The van der Waals surface area contributed by atoms with Gasteiger partial charge in [0, 0.05) is 6.04 Å². The Morgan fingerprint density at radius 1 is 1.15 bits per heavy atom. The number of unbranched alkanes of at least 4 members (excludes halogenated alkanes) is 1. The molecule has 0 saturated heterocycles. The molecule has 1 rings (SSSR count). The second kappa shape index (κ2) is 8.22. The van der Waals surface area contributed by atoms with Crippen LogP contribution in [0.2, 0.25) is 0 Å². The van der Waals surface area contributed by atoms with Crippen molar-refractivity contribution in [2.75, 3.05) is 0 Å². The second-order valence-electron chi connectivity index (χ2n) is 5.05. The molecule has 1 aromatic carbocycles. The van der Waals surface area contributed by atoms with E-state index in [1.807, 2.05) is 25.1 Å². The molecule has 1 aromatic rings. The maximum Gasteiger partial charge on any atom is 0.241 e. The van der Waals surface area contributed by atoms with Crippen molar-refractivity contribution in [2.24, 2.45) is 0 Å². The van der Waals surface area contributed by atoms with Crippen molar-refractivity contribution in [3.05, 3.63) is 42.0 Å². The summed E-state index contributed by atoms with van der Waals surface area (Å²) in [5, 5.41) is 0. The predicted octanol–water partition coefficient (Wildman–Crippen LogP) is 3.80. The molecule has 0 aliphatic heterocycles. The summed E-state index contributed by atoms with van der Waals surface area (Å²) >= 11 is 0. The number of sulfonamides is 1. The Balaban J connectivity index is 2.82. The Kier molecular flexibility index (Phi) is 6.96. The fourth-order valence-electron chi connectivity index (χ4n) is 1.92. The van der Waals surface area contributed by atoms with E-state index in [0.717, 1.165) is 31.2 Å². The third-order valence-electron chi connectivity index (χ3n) is 3.06. The van der Waals surface area contributed by atoms with Crippen LogP contribution in [-0.2, 0) is 10.0 Å². The standard InChI is InChI=1S/C16H25NO2S/c1-4-6-7-9-15(8-5-2)17-20(18,19)16-12-10-14(3)11-13-16/h7,9-13,15,17H,4-6,8H2,1-3H3/b9-7+. The third kappa shape index (κ3) is 5.47. The number of hydrogen-bond donors (Lipinski definition) is 1. The van der Waals surface area contributed by atoms with Crippen LogP contribution in [0.25, 0.3) is 0 Å².